The molecule has 4 heteroatoms. The van der Waals surface area contributed by atoms with Gasteiger partial charge in [0.05, 0.1) is 17.0 Å². The maximum Gasteiger partial charge on any atom is 0.252 e. The van der Waals surface area contributed by atoms with E-state index in [4.69, 9.17) is 5.11 Å². The SMILES string of the molecule is CCC(C)CNC(=O)c1csc(C#CCCO)c1. The monoisotopic (exact) mass is 265 g/mol. The van der Waals surface area contributed by atoms with Gasteiger partial charge in [0.2, 0.25) is 0 Å². The summed E-state index contributed by atoms with van der Waals surface area (Å²) < 4.78 is 0. The molecule has 1 amide bonds. The molecule has 1 aromatic heterocycles. The van der Waals surface area contributed by atoms with Crippen molar-refractivity contribution in [3.63, 3.8) is 0 Å². The standard InChI is InChI=1S/C14H19NO2S/c1-3-11(2)9-15-14(17)12-8-13(18-10-12)6-4-5-7-16/h8,10-11,16H,3,5,7,9H2,1-2H3,(H,15,17). The van der Waals surface area contributed by atoms with Crippen LogP contribution in [0.2, 0.25) is 0 Å². The molecular weight excluding hydrogens is 246 g/mol. The number of aliphatic hydroxyl groups excluding tert-OH is 1. The van der Waals surface area contributed by atoms with Crippen molar-refractivity contribution >= 4 is 17.2 Å². The van der Waals surface area contributed by atoms with E-state index < -0.39 is 0 Å². The van der Waals surface area contributed by atoms with Crippen LogP contribution in [0.4, 0.5) is 0 Å². The first-order chi connectivity index (χ1) is 8.67. The highest BCUT2D eigenvalue weighted by atomic mass is 32.1. The fraction of sp³-hybridized carbons (Fsp3) is 0.500. The summed E-state index contributed by atoms with van der Waals surface area (Å²) in [5, 5.41) is 13.3. The van der Waals surface area contributed by atoms with E-state index in [1.807, 2.05) is 5.38 Å². The Morgan fingerprint density at radius 2 is 2.39 bits per heavy atom. The van der Waals surface area contributed by atoms with Crippen LogP contribution in [0.5, 0.6) is 0 Å². The molecule has 3 nitrogen and oxygen atoms in total. The normalized spacial score (nSPS) is 11.5. The molecule has 0 aliphatic rings. The van der Waals surface area contributed by atoms with Crippen LogP contribution >= 0.6 is 11.3 Å². The number of aliphatic hydroxyl groups is 1. The summed E-state index contributed by atoms with van der Waals surface area (Å²) in [6.07, 6.45) is 1.52. The van der Waals surface area contributed by atoms with Crippen LogP contribution in [0.15, 0.2) is 11.4 Å². The van der Waals surface area contributed by atoms with E-state index in [9.17, 15) is 4.79 Å². The highest BCUT2D eigenvalue weighted by molar-refractivity contribution is 7.10. The van der Waals surface area contributed by atoms with Gasteiger partial charge < -0.3 is 10.4 Å². The van der Waals surface area contributed by atoms with Crippen LogP contribution in [0.1, 0.15) is 41.9 Å². The van der Waals surface area contributed by atoms with Crippen molar-refractivity contribution in [3.8, 4) is 11.8 Å². The second kappa shape index (κ2) is 7.91. The summed E-state index contributed by atoms with van der Waals surface area (Å²) in [4.78, 5) is 12.7. The molecule has 18 heavy (non-hydrogen) atoms. The van der Waals surface area contributed by atoms with Crippen LogP contribution in [-0.2, 0) is 0 Å². The van der Waals surface area contributed by atoms with Gasteiger partial charge in [-0.25, -0.2) is 0 Å². The molecule has 0 saturated heterocycles. The molecule has 1 unspecified atom stereocenters. The Morgan fingerprint density at radius 3 is 3.06 bits per heavy atom. The quantitative estimate of drug-likeness (QED) is 0.802. The molecule has 1 atom stereocenters. The first kappa shape index (κ1) is 14.7. The minimum Gasteiger partial charge on any atom is -0.395 e. The predicted octanol–water partition coefficient (Wildman–Crippen LogP) is 2.26. The van der Waals surface area contributed by atoms with E-state index in [2.05, 4.69) is 31.0 Å². The zero-order chi connectivity index (χ0) is 13.4. The Morgan fingerprint density at radius 1 is 1.61 bits per heavy atom. The minimum atomic E-state index is -0.0400. The van der Waals surface area contributed by atoms with Crippen LogP contribution in [0, 0.1) is 17.8 Å². The lowest BCUT2D eigenvalue weighted by atomic mass is 10.1. The van der Waals surface area contributed by atoms with E-state index in [-0.39, 0.29) is 12.5 Å². The Bertz CT molecular complexity index is 442. The lowest BCUT2D eigenvalue weighted by Crippen LogP contribution is -2.27. The minimum absolute atomic E-state index is 0.0400. The first-order valence-corrected chi connectivity index (χ1v) is 7.01. The average Bonchev–Trinajstić information content (AvgIpc) is 2.84. The predicted molar refractivity (Wildman–Crippen MR) is 74.7 cm³/mol. The number of hydrogen-bond acceptors (Lipinski definition) is 3. The highest BCUT2D eigenvalue weighted by Crippen LogP contribution is 2.13. The second-order valence-electron chi connectivity index (χ2n) is 4.20. The third-order valence-corrected chi connectivity index (χ3v) is 3.46. The first-order valence-electron chi connectivity index (χ1n) is 6.13. The second-order valence-corrected chi connectivity index (χ2v) is 5.11. The van der Waals surface area contributed by atoms with Crippen molar-refractivity contribution in [2.75, 3.05) is 13.2 Å². The van der Waals surface area contributed by atoms with Gasteiger partial charge in [0.1, 0.15) is 0 Å². The summed E-state index contributed by atoms with van der Waals surface area (Å²) in [7, 11) is 0. The Kier molecular flexibility index (Phi) is 6.48. The van der Waals surface area contributed by atoms with E-state index in [0.29, 0.717) is 24.4 Å². The largest absolute Gasteiger partial charge is 0.395 e. The molecule has 1 heterocycles. The summed E-state index contributed by atoms with van der Waals surface area (Å²) in [5.41, 5.74) is 0.664. The van der Waals surface area contributed by atoms with Gasteiger partial charge in [-0.05, 0) is 12.0 Å². The molecule has 1 aromatic rings. The van der Waals surface area contributed by atoms with E-state index >= 15 is 0 Å². The van der Waals surface area contributed by atoms with Gasteiger partial charge in [-0.15, -0.1) is 11.3 Å². The number of carbonyl (C=O) groups excluding carboxylic acids is 1. The van der Waals surface area contributed by atoms with E-state index in [0.717, 1.165) is 11.3 Å². The van der Waals surface area contributed by atoms with Crippen LogP contribution in [0.25, 0.3) is 0 Å². The van der Waals surface area contributed by atoms with Crippen LogP contribution in [-0.4, -0.2) is 24.2 Å². The van der Waals surface area contributed by atoms with Crippen molar-refractivity contribution < 1.29 is 9.90 Å². The fourth-order valence-electron chi connectivity index (χ4n) is 1.24. The molecule has 0 fully saturated rings. The molecule has 0 radical (unpaired) electrons. The van der Waals surface area contributed by atoms with Gasteiger partial charge >= 0.3 is 0 Å². The molecule has 98 valence electrons. The Labute approximate surface area is 112 Å². The Balaban J connectivity index is 2.52. The molecule has 0 aliphatic carbocycles. The number of hydrogen-bond donors (Lipinski definition) is 2. The van der Waals surface area contributed by atoms with Gasteiger partial charge in [0.15, 0.2) is 0 Å². The van der Waals surface area contributed by atoms with Crippen molar-refractivity contribution in [2.45, 2.75) is 26.7 Å². The molecule has 2 N–H and O–H groups in total. The number of nitrogens with one attached hydrogen (secondary N) is 1. The van der Waals surface area contributed by atoms with Gasteiger partial charge in [0.25, 0.3) is 5.91 Å². The van der Waals surface area contributed by atoms with Gasteiger partial charge in [-0.3, -0.25) is 4.79 Å². The van der Waals surface area contributed by atoms with Crippen LogP contribution < -0.4 is 5.32 Å². The topological polar surface area (TPSA) is 49.3 Å². The molecule has 0 spiro atoms. The van der Waals surface area contributed by atoms with Crippen LogP contribution in [0.3, 0.4) is 0 Å². The van der Waals surface area contributed by atoms with E-state index in [1.165, 1.54) is 11.3 Å². The molecule has 1 rings (SSSR count). The van der Waals surface area contributed by atoms with Crippen molar-refractivity contribution in [3.05, 3.63) is 21.9 Å². The summed E-state index contributed by atoms with van der Waals surface area (Å²) in [6.45, 7) is 4.99. The van der Waals surface area contributed by atoms with Gasteiger partial charge in [0, 0.05) is 18.3 Å². The highest BCUT2D eigenvalue weighted by Gasteiger charge is 2.08. The zero-order valence-electron chi connectivity index (χ0n) is 10.8. The number of rotatable bonds is 5. The third kappa shape index (κ3) is 4.91. The van der Waals surface area contributed by atoms with Gasteiger partial charge in [-0.1, -0.05) is 32.1 Å². The summed E-state index contributed by atoms with van der Waals surface area (Å²) in [6, 6.07) is 1.79. The molecule has 0 aliphatic heterocycles. The maximum atomic E-state index is 11.8. The van der Waals surface area contributed by atoms with Gasteiger partial charge in [-0.2, -0.15) is 0 Å². The lowest BCUT2D eigenvalue weighted by Gasteiger charge is -2.08. The average molecular weight is 265 g/mol. The molecule has 0 aromatic carbocycles. The number of amides is 1. The molecular formula is C14H19NO2S. The lowest BCUT2D eigenvalue weighted by molar-refractivity contribution is 0.0948. The summed E-state index contributed by atoms with van der Waals surface area (Å²) in [5.74, 6) is 6.22. The maximum absolute atomic E-state index is 11.8. The third-order valence-electron chi connectivity index (χ3n) is 2.62. The number of carbonyl (C=O) groups is 1. The zero-order valence-corrected chi connectivity index (χ0v) is 11.6. The van der Waals surface area contributed by atoms with Crippen molar-refractivity contribution in [2.24, 2.45) is 5.92 Å². The Hall–Kier alpha value is -1.31. The molecule has 0 bridgehead atoms. The smallest absolute Gasteiger partial charge is 0.252 e. The van der Waals surface area contributed by atoms with Crippen molar-refractivity contribution in [1.29, 1.82) is 0 Å². The van der Waals surface area contributed by atoms with E-state index in [1.54, 1.807) is 6.07 Å². The summed E-state index contributed by atoms with van der Waals surface area (Å²) >= 11 is 1.45. The number of thiophene rings is 1. The molecule has 0 saturated carbocycles. The fourth-order valence-corrected chi connectivity index (χ4v) is 1.99. The van der Waals surface area contributed by atoms with Crippen molar-refractivity contribution in [1.82, 2.24) is 5.32 Å².